The molecule has 6 nitrogen and oxygen atoms in total. The zero-order valence-corrected chi connectivity index (χ0v) is 17.9. The largest absolute Gasteiger partial charge is 0.470 e. The summed E-state index contributed by atoms with van der Waals surface area (Å²) in [6.45, 7) is 9.42. The van der Waals surface area contributed by atoms with Crippen molar-refractivity contribution >= 4 is 34.8 Å². The number of pyridine rings is 1. The van der Waals surface area contributed by atoms with Gasteiger partial charge in [0.2, 0.25) is 5.44 Å². The van der Waals surface area contributed by atoms with E-state index in [1.54, 1.807) is 12.3 Å². The van der Waals surface area contributed by atoms with Crippen molar-refractivity contribution in [2.75, 3.05) is 12.9 Å². The number of carbonyl (C=O) groups is 1. The average molecular weight is 412 g/mol. The molecule has 1 aromatic carbocycles. The molecule has 0 fully saturated rings. The van der Waals surface area contributed by atoms with Crippen LogP contribution < -0.4 is 10.1 Å². The third kappa shape index (κ3) is 6.26. The molecule has 0 radical (unpaired) electrons. The molecule has 0 spiro atoms. The van der Waals surface area contributed by atoms with Crippen molar-refractivity contribution in [2.45, 2.75) is 31.7 Å². The number of amides is 1. The van der Waals surface area contributed by atoms with E-state index >= 15 is 0 Å². The van der Waals surface area contributed by atoms with Gasteiger partial charge >= 0.3 is 0 Å². The monoisotopic (exact) mass is 411 g/mol. The van der Waals surface area contributed by atoms with E-state index in [9.17, 15) is 4.79 Å². The summed E-state index contributed by atoms with van der Waals surface area (Å²) in [5, 5.41) is 7.59. The lowest BCUT2D eigenvalue weighted by Crippen LogP contribution is -2.49. The number of nitrogens with one attached hydrogen (secondary N) is 1. The zero-order valence-electron chi connectivity index (χ0n) is 17.1. The predicted octanol–water partition coefficient (Wildman–Crippen LogP) is 3.68. The van der Waals surface area contributed by atoms with Crippen LogP contribution in [-0.2, 0) is 9.63 Å². The van der Waals surface area contributed by atoms with Crippen molar-refractivity contribution in [3.63, 3.8) is 0 Å². The summed E-state index contributed by atoms with van der Waals surface area (Å²) >= 11 is 1.29. The van der Waals surface area contributed by atoms with Crippen LogP contribution in [0, 0.1) is 19.3 Å². The highest BCUT2D eigenvalue weighted by molar-refractivity contribution is 7.99. The first-order valence-electron chi connectivity index (χ1n) is 8.95. The van der Waals surface area contributed by atoms with Crippen LogP contribution >= 0.6 is 11.8 Å². The number of terminal acetylenes is 1. The second-order valence-electron chi connectivity index (χ2n) is 6.90. The lowest BCUT2D eigenvalue weighted by Gasteiger charge is -2.24. The number of aromatic nitrogens is 1. The Bertz CT molecular complexity index is 964. The number of carbonyl (C=O) groups excluding carboxylic acids is 1. The number of rotatable bonds is 9. The molecule has 1 N–H and O–H groups in total. The zero-order chi connectivity index (χ0) is 21.4. The van der Waals surface area contributed by atoms with Crippen LogP contribution in [0.4, 0.5) is 0 Å². The summed E-state index contributed by atoms with van der Waals surface area (Å²) in [6, 6.07) is 5.57. The minimum absolute atomic E-state index is 0.272. The predicted molar refractivity (Wildman–Crippen MR) is 119 cm³/mol. The maximum atomic E-state index is 12.7. The number of hydrogen-bond acceptors (Lipinski definition) is 6. The number of hydrogen-bond donors (Lipinski definition) is 1. The van der Waals surface area contributed by atoms with E-state index in [4.69, 9.17) is 16.0 Å². The fraction of sp³-hybridized carbons (Fsp3) is 0.318. The molecule has 1 unspecified atom stereocenters. The Kier molecular flexibility index (Phi) is 7.68. The van der Waals surface area contributed by atoms with Crippen molar-refractivity contribution in [3.8, 4) is 18.1 Å². The van der Waals surface area contributed by atoms with Gasteiger partial charge in [-0.2, -0.15) is 0 Å². The molecular weight excluding hydrogens is 386 g/mol. The molecule has 2 aromatic rings. The van der Waals surface area contributed by atoms with Gasteiger partial charge in [0.15, 0.2) is 0 Å². The summed E-state index contributed by atoms with van der Waals surface area (Å²) in [5.74, 6) is 2.88. The number of ether oxygens (including phenoxy) is 1. The van der Waals surface area contributed by atoms with E-state index in [0.717, 1.165) is 16.5 Å². The number of nitrogens with zero attached hydrogens (tertiary/aromatic N) is 2. The molecule has 0 saturated heterocycles. The molecule has 29 heavy (non-hydrogen) atoms. The molecular formula is C22H25N3O3S. The Morgan fingerprint density at radius 2 is 2.24 bits per heavy atom. The standard InChI is InChI=1S/C22H25N3O3S/c1-7-9-27-24-14-22(4,5)25-20(26)21(29-6)28-18-10-15(3)19-17(12-18)11-16(8-2)13-23-19/h2,7,10-14,21H,1,9H2,3-6H3,(H,25,26). The minimum Gasteiger partial charge on any atom is -0.470 e. The fourth-order valence-corrected chi connectivity index (χ4v) is 3.03. The van der Waals surface area contributed by atoms with Gasteiger partial charge in [-0.05, 0) is 50.8 Å². The Labute approximate surface area is 175 Å². The van der Waals surface area contributed by atoms with Crippen LogP contribution in [0.3, 0.4) is 0 Å². The van der Waals surface area contributed by atoms with E-state index in [1.807, 2.05) is 45.2 Å². The highest BCUT2D eigenvalue weighted by Gasteiger charge is 2.26. The Morgan fingerprint density at radius 1 is 1.48 bits per heavy atom. The first-order valence-corrected chi connectivity index (χ1v) is 10.2. The van der Waals surface area contributed by atoms with Gasteiger partial charge in [0, 0.05) is 17.1 Å². The topological polar surface area (TPSA) is 72.8 Å². The van der Waals surface area contributed by atoms with E-state index in [-0.39, 0.29) is 5.91 Å². The highest BCUT2D eigenvalue weighted by atomic mass is 32.2. The van der Waals surface area contributed by atoms with Crippen LogP contribution in [0.2, 0.25) is 0 Å². The van der Waals surface area contributed by atoms with Crippen molar-refractivity contribution in [2.24, 2.45) is 5.16 Å². The van der Waals surface area contributed by atoms with Crippen molar-refractivity contribution < 1.29 is 14.4 Å². The Morgan fingerprint density at radius 3 is 2.90 bits per heavy atom. The third-order valence-corrected chi connectivity index (χ3v) is 4.61. The molecule has 1 atom stereocenters. The van der Waals surface area contributed by atoms with Crippen LogP contribution in [0.25, 0.3) is 10.9 Å². The lowest BCUT2D eigenvalue weighted by atomic mass is 10.1. The van der Waals surface area contributed by atoms with Gasteiger partial charge in [-0.3, -0.25) is 9.78 Å². The van der Waals surface area contributed by atoms with Crippen LogP contribution in [0.5, 0.6) is 5.75 Å². The molecule has 0 aliphatic rings. The van der Waals surface area contributed by atoms with Gasteiger partial charge in [0.1, 0.15) is 12.4 Å². The second kappa shape index (κ2) is 9.99. The molecule has 7 heteroatoms. The number of thioether (sulfide) groups is 1. The molecule has 0 aliphatic heterocycles. The maximum absolute atomic E-state index is 12.7. The molecule has 0 bridgehead atoms. The SMILES string of the molecule is C#Cc1cnc2c(C)cc(OC(SC)C(=O)NC(C)(C)C=NOCC=C)cc2c1. The van der Waals surface area contributed by atoms with Crippen molar-refractivity contribution in [1.82, 2.24) is 10.3 Å². The van der Waals surface area contributed by atoms with Crippen molar-refractivity contribution in [3.05, 3.63) is 48.2 Å². The summed E-state index contributed by atoms with van der Waals surface area (Å²) in [6.07, 6.45) is 12.1. The minimum atomic E-state index is -0.739. The van der Waals surface area contributed by atoms with Crippen LogP contribution in [-0.4, -0.2) is 40.9 Å². The van der Waals surface area contributed by atoms with Gasteiger partial charge in [-0.15, -0.1) is 18.2 Å². The number of oxime groups is 1. The van der Waals surface area contributed by atoms with E-state index < -0.39 is 11.0 Å². The first kappa shape index (κ1) is 22.3. The van der Waals surface area contributed by atoms with Crippen molar-refractivity contribution in [1.29, 1.82) is 0 Å². The quantitative estimate of drug-likeness (QED) is 0.170. The summed E-state index contributed by atoms with van der Waals surface area (Å²) in [4.78, 5) is 22.1. The molecule has 1 aromatic heterocycles. The molecule has 1 amide bonds. The Hall–Kier alpha value is -2.98. The molecule has 2 rings (SSSR count). The van der Waals surface area contributed by atoms with Gasteiger partial charge in [0.05, 0.1) is 17.3 Å². The van der Waals surface area contributed by atoms with Gasteiger partial charge in [0.25, 0.3) is 5.91 Å². The normalized spacial score (nSPS) is 12.4. The van der Waals surface area contributed by atoms with Crippen LogP contribution in [0.1, 0.15) is 25.0 Å². The number of benzene rings is 1. The maximum Gasteiger partial charge on any atom is 0.272 e. The lowest BCUT2D eigenvalue weighted by molar-refractivity contribution is -0.125. The molecule has 1 heterocycles. The van der Waals surface area contributed by atoms with Gasteiger partial charge in [-0.25, -0.2) is 0 Å². The van der Waals surface area contributed by atoms with Crippen LogP contribution in [0.15, 0.2) is 42.2 Å². The Balaban J connectivity index is 2.16. The summed E-state index contributed by atoms with van der Waals surface area (Å²) in [5.41, 5.74) is 1.03. The third-order valence-electron chi connectivity index (χ3n) is 3.87. The second-order valence-corrected chi connectivity index (χ2v) is 7.80. The smallest absolute Gasteiger partial charge is 0.272 e. The van der Waals surface area contributed by atoms with E-state index in [1.165, 1.54) is 18.0 Å². The summed E-state index contributed by atoms with van der Waals surface area (Å²) in [7, 11) is 0. The molecule has 0 aliphatic carbocycles. The summed E-state index contributed by atoms with van der Waals surface area (Å²) < 4.78 is 5.96. The molecule has 152 valence electrons. The first-order chi connectivity index (χ1) is 13.8. The van der Waals surface area contributed by atoms with Gasteiger partial charge < -0.3 is 14.9 Å². The van der Waals surface area contributed by atoms with E-state index in [0.29, 0.717) is 17.9 Å². The number of fused-ring (bicyclic) bond motifs is 1. The number of aryl methyl sites for hydroxylation is 1. The fourth-order valence-electron chi connectivity index (χ4n) is 2.55. The molecule has 0 saturated carbocycles. The van der Waals surface area contributed by atoms with E-state index in [2.05, 4.69) is 28.0 Å². The average Bonchev–Trinajstić information content (AvgIpc) is 2.68. The van der Waals surface area contributed by atoms with Gasteiger partial charge in [-0.1, -0.05) is 23.7 Å². The highest BCUT2D eigenvalue weighted by Crippen LogP contribution is 2.26.